The molecule has 2 aliphatic heterocycles. The summed E-state index contributed by atoms with van der Waals surface area (Å²) in [6.07, 6.45) is 5.12. The molecule has 0 bridgehead atoms. The Kier molecular flexibility index (Phi) is 5.04. The number of benzene rings is 2. The maximum absolute atomic E-state index is 11.1. The molecule has 0 radical (unpaired) electrons. The molecule has 1 atom stereocenters. The van der Waals surface area contributed by atoms with E-state index in [1.54, 1.807) is 0 Å². The highest BCUT2D eigenvalue weighted by Gasteiger charge is 2.23. The third kappa shape index (κ3) is 3.98. The van der Waals surface area contributed by atoms with Gasteiger partial charge >= 0.3 is 5.97 Å². The number of carbonyl (C=O) groups is 1. The second-order valence-corrected chi connectivity index (χ2v) is 8.42. The summed E-state index contributed by atoms with van der Waals surface area (Å²) >= 11 is 0. The number of carboxylic acid groups (broad SMARTS) is 1. The third-order valence-corrected chi connectivity index (χ3v) is 6.19. The fourth-order valence-corrected chi connectivity index (χ4v) is 4.76. The fraction of sp³-hybridized carbons (Fsp3) is 0.391. The van der Waals surface area contributed by atoms with Crippen LogP contribution in [0.25, 0.3) is 10.9 Å². The van der Waals surface area contributed by atoms with E-state index < -0.39 is 5.97 Å². The lowest BCUT2D eigenvalue weighted by molar-refractivity contribution is -0.135. The Hall–Kier alpha value is -3.06. The molecule has 5 rings (SSSR count). The van der Waals surface area contributed by atoms with Crippen LogP contribution in [0.2, 0.25) is 0 Å². The number of nitrogens with zero attached hydrogens (tertiary/aromatic N) is 3. The maximum Gasteiger partial charge on any atom is 0.323 e. The van der Waals surface area contributed by atoms with Gasteiger partial charge in [0.1, 0.15) is 6.54 Å². The van der Waals surface area contributed by atoms with Gasteiger partial charge in [-0.25, -0.2) is 0 Å². The van der Waals surface area contributed by atoms with Crippen molar-refractivity contribution in [3.05, 3.63) is 53.7 Å². The molecule has 0 amide bonds. The molecule has 2 aromatic carbocycles. The molecule has 30 heavy (non-hydrogen) atoms. The van der Waals surface area contributed by atoms with E-state index in [-0.39, 0.29) is 6.54 Å². The van der Waals surface area contributed by atoms with E-state index >= 15 is 0 Å². The molecular formula is C23H27N5O2. The minimum Gasteiger partial charge on any atom is -0.480 e. The first kappa shape index (κ1) is 18.9. The fourth-order valence-electron chi connectivity index (χ4n) is 4.76. The number of piperidine rings is 1. The molecule has 1 fully saturated rings. The molecule has 3 aromatic rings. The van der Waals surface area contributed by atoms with Gasteiger partial charge in [-0.05, 0) is 61.2 Å². The van der Waals surface area contributed by atoms with Crippen LogP contribution in [0.4, 0.5) is 11.4 Å². The van der Waals surface area contributed by atoms with Gasteiger partial charge in [0.05, 0.1) is 11.7 Å². The van der Waals surface area contributed by atoms with Gasteiger partial charge < -0.3 is 15.3 Å². The van der Waals surface area contributed by atoms with Crippen LogP contribution in [0.3, 0.4) is 0 Å². The minimum absolute atomic E-state index is 0.0766. The normalized spacial score (nSPS) is 19.2. The lowest BCUT2D eigenvalue weighted by Crippen LogP contribution is -2.41. The van der Waals surface area contributed by atoms with Crippen molar-refractivity contribution in [3.63, 3.8) is 0 Å². The van der Waals surface area contributed by atoms with Gasteiger partial charge in [-0.3, -0.25) is 14.8 Å². The van der Waals surface area contributed by atoms with Crippen molar-refractivity contribution in [3.8, 4) is 0 Å². The molecule has 3 heterocycles. The first-order valence-corrected chi connectivity index (χ1v) is 10.6. The van der Waals surface area contributed by atoms with E-state index in [4.69, 9.17) is 5.11 Å². The number of hydrogen-bond acceptors (Lipinski definition) is 5. The average Bonchev–Trinajstić information content (AvgIpc) is 3.34. The summed E-state index contributed by atoms with van der Waals surface area (Å²) in [5.74, 6) is -0.771. The second-order valence-electron chi connectivity index (χ2n) is 8.42. The van der Waals surface area contributed by atoms with E-state index in [0.717, 1.165) is 61.3 Å². The second kappa shape index (κ2) is 7.99. The summed E-state index contributed by atoms with van der Waals surface area (Å²) in [6, 6.07) is 13.3. The van der Waals surface area contributed by atoms with Crippen LogP contribution in [-0.4, -0.2) is 58.4 Å². The maximum atomic E-state index is 11.1. The van der Waals surface area contributed by atoms with Crippen LogP contribution in [0.5, 0.6) is 0 Å². The van der Waals surface area contributed by atoms with Crippen LogP contribution >= 0.6 is 0 Å². The number of nitrogens with one attached hydrogen (secondary N) is 2. The van der Waals surface area contributed by atoms with E-state index in [1.165, 1.54) is 17.5 Å². The topological polar surface area (TPSA) is 84.5 Å². The molecule has 156 valence electrons. The Labute approximate surface area is 175 Å². The molecular weight excluding hydrogens is 378 g/mol. The highest BCUT2D eigenvalue weighted by Crippen LogP contribution is 2.30. The number of fused-ring (bicyclic) bond motifs is 2. The molecule has 7 heteroatoms. The van der Waals surface area contributed by atoms with Gasteiger partial charge in [0.15, 0.2) is 0 Å². The number of aromatic nitrogens is 2. The van der Waals surface area contributed by atoms with Crippen molar-refractivity contribution in [1.82, 2.24) is 15.1 Å². The van der Waals surface area contributed by atoms with Crippen LogP contribution < -0.4 is 10.2 Å². The Morgan fingerprint density at radius 1 is 1.23 bits per heavy atom. The van der Waals surface area contributed by atoms with Crippen molar-refractivity contribution in [2.45, 2.75) is 31.8 Å². The van der Waals surface area contributed by atoms with Crippen molar-refractivity contribution in [1.29, 1.82) is 0 Å². The standard InChI is InChI=1S/C23H27N5O2/c29-23(30)15-28-9-7-17-4-3-16(10-22(17)28)13-27-8-1-2-20(14-27)25-19-5-6-21-18(11-19)12-24-26-21/h3-6,10-12,20,25H,1-2,7-9,13-15H2,(H,24,26)(H,29,30). The Balaban J connectivity index is 1.24. The predicted molar refractivity (Wildman–Crippen MR) is 118 cm³/mol. The lowest BCUT2D eigenvalue weighted by atomic mass is 10.0. The van der Waals surface area contributed by atoms with Crippen LogP contribution in [0, 0.1) is 0 Å². The van der Waals surface area contributed by atoms with Gasteiger partial charge in [0, 0.05) is 42.4 Å². The number of carboxylic acids is 1. The zero-order valence-corrected chi connectivity index (χ0v) is 17.0. The predicted octanol–water partition coefficient (Wildman–Crippen LogP) is 3.09. The average molecular weight is 406 g/mol. The molecule has 1 saturated heterocycles. The molecule has 2 aliphatic rings. The number of likely N-dealkylation sites (tertiary alicyclic amines) is 1. The molecule has 0 aliphatic carbocycles. The largest absolute Gasteiger partial charge is 0.480 e. The summed E-state index contributed by atoms with van der Waals surface area (Å²) in [5, 5.41) is 21.1. The van der Waals surface area contributed by atoms with E-state index in [9.17, 15) is 4.79 Å². The highest BCUT2D eigenvalue weighted by atomic mass is 16.4. The van der Waals surface area contributed by atoms with Crippen molar-refractivity contribution in [2.75, 3.05) is 36.4 Å². The summed E-state index contributed by atoms with van der Waals surface area (Å²) < 4.78 is 0. The molecule has 0 saturated carbocycles. The molecule has 7 nitrogen and oxygen atoms in total. The number of aromatic amines is 1. The zero-order chi connectivity index (χ0) is 20.5. The minimum atomic E-state index is -0.771. The molecule has 1 unspecified atom stereocenters. The number of rotatable bonds is 6. The Bertz CT molecular complexity index is 1060. The van der Waals surface area contributed by atoms with E-state index in [2.05, 4.69) is 56.8 Å². The summed E-state index contributed by atoms with van der Waals surface area (Å²) in [6.45, 7) is 3.86. The quantitative estimate of drug-likeness (QED) is 0.585. The van der Waals surface area contributed by atoms with Crippen molar-refractivity contribution >= 4 is 28.2 Å². The molecule has 1 aromatic heterocycles. The van der Waals surface area contributed by atoms with Crippen LogP contribution in [-0.2, 0) is 17.8 Å². The van der Waals surface area contributed by atoms with Gasteiger partial charge in [-0.15, -0.1) is 0 Å². The van der Waals surface area contributed by atoms with Crippen LogP contribution in [0.15, 0.2) is 42.6 Å². The first-order valence-electron chi connectivity index (χ1n) is 10.6. The number of H-pyrrole nitrogens is 1. The Morgan fingerprint density at radius 2 is 2.17 bits per heavy atom. The van der Waals surface area contributed by atoms with Gasteiger partial charge in [-0.2, -0.15) is 5.10 Å². The highest BCUT2D eigenvalue weighted by molar-refractivity contribution is 5.81. The number of anilines is 2. The zero-order valence-electron chi connectivity index (χ0n) is 17.0. The van der Waals surface area contributed by atoms with Crippen LogP contribution in [0.1, 0.15) is 24.0 Å². The first-order chi connectivity index (χ1) is 14.6. The van der Waals surface area contributed by atoms with Crippen molar-refractivity contribution < 1.29 is 9.90 Å². The lowest BCUT2D eigenvalue weighted by Gasteiger charge is -2.34. The monoisotopic (exact) mass is 405 g/mol. The number of hydrogen-bond donors (Lipinski definition) is 3. The van der Waals surface area contributed by atoms with Crippen molar-refractivity contribution in [2.24, 2.45) is 0 Å². The summed E-state index contributed by atoms with van der Waals surface area (Å²) in [5.41, 5.74) is 5.80. The number of aliphatic carboxylic acids is 1. The molecule has 3 N–H and O–H groups in total. The molecule has 0 spiro atoms. The SMILES string of the molecule is O=C(O)CN1CCc2ccc(CN3CCCC(Nc4ccc5[nH]ncc5c4)C3)cc21. The van der Waals surface area contributed by atoms with Gasteiger partial charge in [0.2, 0.25) is 0 Å². The van der Waals surface area contributed by atoms with Gasteiger partial charge in [-0.1, -0.05) is 12.1 Å². The Morgan fingerprint density at radius 3 is 3.07 bits per heavy atom. The van der Waals surface area contributed by atoms with E-state index in [0.29, 0.717) is 6.04 Å². The van der Waals surface area contributed by atoms with E-state index in [1.807, 2.05) is 11.1 Å². The van der Waals surface area contributed by atoms with Gasteiger partial charge in [0.25, 0.3) is 0 Å². The summed E-state index contributed by atoms with van der Waals surface area (Å²) in [4.78, 5) is 15.6. The third-order valence-electron chi connectivity index (χ3n) is 6.19. The summed E-state index contributed by atoms with van der Waals surface area (Å²) in [7, 11) is 0. The smallest absolute Gasteiger partial charge is 0.323 e.